The van der Waals surface area contributed by atoms with Crippen LogP contribution in [0.15, 0.2) is 29.3 Å². The summed E-state index contributed by atoms with van der Waals surface area (Å²) in [5.74, 6) is 0.121. The molecule has 0 spiro atoms. The smallest absolute Gasteiger partial charge is 0.272 e. The van der Waals surface area contributed by atoms with Crippen LogP contribution < -0.4 is 10.2 Å². The standard InChI is InChI=1S/C22H29N5O/c1-4-11-27-21-20(19(25-27)15(2)3)24-18(14-23-22(21)28)16-7-9-17(10-8-16)26-12-5-6-13-26/h7-10,15H,4-6,11-14H2,1-3H3,(H,23,28). The van der Waals surface area contributed by atoms with Crippen molar-refractivity contribution in [3.63, 3.8) is 0 Å². The van der Waals surface area contributed by atoms with Crippen molar-refractivity contribution in [2.75, 3.05) is 24.5 Å². The van der Waals surface area contributed by atoms with Crippen LogP contribution in [0.25, 0.3) is 0 Å². The van der Waals surface area contributed by atoms with E-state index in [2.05, 4.69) is 55.3 Å². The highest BCUT2D eigenvalue weighted by Crippen LogP contribution is 2.32. The molecular formula is C22H29N5O. The molecule has 2 aliphatic heterocycles. The lowest BCUT2D eigenvalue weighted by atomic mass is 10.1. The van der Waals surface area contributed by atoms with Crippen molar-refractivity contribution >= 4 is 23.0 Å². The predicted octanol–water partition coefficient (Wildman–Crippen LogP) is 3.88. The first-order valence-electron chi connectivity index (χ1n) is 10.4. The summed E-state index contributed by atoms with van der Waals surface area (Å²) in [6.07, 6.45) is 3.46. The number of aryl methyl sites for hydroxylation is 1. The van der Waals surface area contributed by atoms with Gasteiger partial charge in [-0.1, -0.05) is 32.9 Å². The van der Waals surface area contributed by atoms with Gasteiger partial charge in [0.05, 0.1) is 18.0 Å². The average molecular weight is 380 g/mol. The number of fused-ring (bicyclic) bond motifs is 1. The van der Waals surface area contributed by atoms with Gasteiger partial charge in [-0.05, 0) is 42.9 Å². The number of aromatic nitrogens is 2. The highest BCUT2D eigenvalue weighted by Gasteiger charge is 2.28. The highest BCUT2D eigenvalue weighted by atomic mass is 16.2. The van der Waals surface area contributed by atoms with Crippen LogP contribution >= 0.6 is 0 Å². The molecule has 3 heterocycles. The lowest BCUT2D eigenvalue weighted by Crippen LogP contribution is -2.30. The third kappa shape index (κ3) is 3.43. The number of hydrogen-bond donors (Lipinski definition) is 1. The lowest BCUT2D eigenvalue weighted by molar-refractivity contribution is 0.0950. The maximum absolute atomic E-state index is 12.8. The van der Waals surface area contributed by atoms with Crippen LogP contribution in [0.1, 0.15) is 67.7 Å². The van der Waals surface area contributed by atoms with Crippen molar-refractivity contribution in [2.24, 2.45) is 4.99 Å². The van der Waals surface area contributed by atoms with Gasteiger partial charge >= 0.3 is 0 Å². The minimum absolute atomic E-state index is 0.0877. The van der Waals surface area contributed by atoms with Crippen molar-refractivity contribution in [3.8, 4) is 0 Å². The van der Waals surface area contributed by atoms with Gasteiger partial charge in [0.25, 0.3) is 5.91 Å². The largest absolute Gasteiger partial charge is 0.372 e. The van der Waals surface area contributed by atoms with E-state index in [0.29, 0.717) is 12.2 Å². The van der Waals surface area contributed by atoms with Crippen molar-refractivity contribution < 1.29 is 4.79 Å². The molecule has 1 saturated heterocycles. The van der Waals surface area contributed by atoms with Crippen LogP contribution in [-0.2, 0) is 6.54 Å². The number of anilines is 1. The van der Waals surface area contributed by atoms with E-state index in [4.69, 9.17) is 10.1 Å². The molecule has 6 heteroatoms. The summed E-state index contributed by atoms with van der Waals surface area (Å²) in [4.78, 5) is 20.2. The molecule has 1 aromatic heterocycles. The summed E-state index contributed by atoms with van der Waals surface area (Å²) in [5.41, 5.74) is 5.42. The predicted molar refractivity (Wildman–Crippen MR) is 113 cm³/mol. The summed E-state index contributed by atoms with van der Waals surface area (Å²) in [5, 5.41) is 7.74. The molecule has 148 valence electrons. The fourth-order valence-electron chi connectivity index (χ4n) is 4.00. The second kappa shape index (κ2) is 7.78. The van der Waals surface area contributed by atoms with Gasteiger partial charge in [0.2, 0.25) is 0 Å². The Labute approximate surface area is 166 Å². The summed E-state index contributed by atoms with van der Waals surface area (Å²) >= 11 is 0. The van der Waals surface area contributed by atoms with E-state index >= 15 is 0 Å². The number of amides is 1. The molecule has 2 aromatic rings. The molecule has 0 atom stereocenters. The van der Waals surface area contributed by atoms with E-state index in [-0.39, 0.29) is 11.8 Å². The average Bonchev–Trinajstić information content (AvgIpc) is 3.30. The number of carbonyl (C=O) groups is 1. The number of benzene rings is 1. The molecule has 1 aromatic carbocycles. The zero-order chi connectivity index (χ0) is 19.7. The Bertz CT molecular complexity index is 888. The number of nitrogens with zero attached hydrogens (tertiary/aromatic N) is 4. The summed E-state index contributed by atoms with van der Waals surface area (Å²) in [7, 11) is 0. The molecule has 1 amide bonds. The Morgan fingerprint density at radius 2 is 1.86 bits per heavy atom. The molecule has 0 unspecified atom stereocenters. The van der Waals surface area contributed by atoms with Crippen molar-refractivity contribution in [3.05, 3.63) is 41.2 Å². The van der Waals surface area contributed by atoms with Crippen LogP contribution in [0.4, 0.5) is 11.4 Å². The van der Waals surface area contributed by atoms with Gasteiger partial charge in [-0.25, -0.2) is 4.99 Å². The minimum Gasteiger partial charge on any atom is -0.372 e. The Kier molecular flexibility index (Phi) is 5.20. The van der Waals surface area contributed by atoms with E-state index in [1.54, 1.807) is 0 Å². The maximum Gasteiger partial charge on any atom is 0.272 e. The summed E-state index contributed by atoms with van der Waals surface area (Å²) in [6.45, 7) is 9.71. The van der Waals surface area contributed by atoms with Crippen molar-refractivity contribution in [1.29, 1.82) is 0 Å². The Morgan fingerprint density at radius 3 is 2.50 bits per heavy atom. The molecule has 28 heavy (non-hydrogen) atoms. The van der Waals surface area contributed by atoms with E-state index in [9.17, 15) is 4.79 Å². The van der Waals surface area contributed by atoms with Gasteiger partial charge in [-0.15, -0.1) is 0 Å². The van der Waals surface area contributed by atoms with Gasteiger partial charge < -0.3 is 10.2 Å². The summed E-state index contributed by atoms with van der Waals surface area (Å²) < 4.78 is 1.82. The Balaban J connectivity index is 1.72. The van der Waals surface area contributed by atoms with Gasteiger partial charge in [-0.2, -0.15) is 5.10 Å². The van der Waals surface area contributed by atoms with E-state index in [0.717, 1.165) is 48.7 Å². The first-order chi connectivity index (χ1) is 13.6. The number of carbonyl (C=O) groups excluding carboxylic acids is 1. The topological polar surface area (TPSA) is 62.5 Å². The van der Waals surface area contributed by atoms with Crippen molar-refractivity contribution in [2.45, 2.75) is 52.5 Å². The lowest BCUT2D eigenvalue weighted by Gasteiger charge is -2.18. The molecule has 0 saturated carbocycles. The monoisotopic (exact) mass is 379 g/mol. The third-order valence-corrected chi connectivity index (χ3v) is 5.49. The molecule has 0 aliphatic carbocycles. The number of nitrogens with one attached hydrogen (secondary N) is 1. The van der Waals surface area contributed by atoms with E-state index in [1.807, 2.05) is 4.68 Å². The van der Waals surface area contributed by atoms with Gasteiger partial charge in [0.15, 0.2) is 5.69 Å². The van der Waals surface area contributed by atoms with Crippen LogP contribution in [0.2, 0.25) is 0 Å². The molecule has 0 radical (unpaired) electrons. The fourth-order valence-corrected chi connectivity index (χ4v) is 4.00. The Morgan fingerprint density at radius 1 is 1.14 bits per heavy atom. The highest BCUT2D eigenvalue weighted by molar-refractivity contribution is 6.10. The normalized spacial score (nSPS) is 16.8. The number of hydrogen-bond acceptors (Lipinski definition) is 4. The second-order valence-electron chi connectivity index (χ2n) is 7.94. The van der Waals surface area contributed by atoms with Gasteiger partial charge in [0, 0.05) is 25.3 Å². The molecule has 1 N–H and O–H groups in total. The quantitative estimate of drug-likeness (QED) is 0.857. The molecule has 2 aliphatic rings. The van der Waals surface area contributed by atoms with E-state index in [1.165, 1.54) is 18.5 Å². The Hall–Kier alpha value is -2.63. The van der Waals surface area contributed by atoms with Crippen LogP contribution in [0, 0.1) is 0 Å². The van der Waals surface area contributed by atoms with Crippen LogP contribution in [0.5, 0.6) is 0 Å². The second-order valence-corrected chi connectivity index (χ2v) is 7.94. The molecular weight excluding hydrogens is 350 g/mol. The van der Waals surface area contributed by atoms with Crippen LogP contribution in [-0.4, -0.2) is 41.0 Å². The molecule has 0 bridgehead atoms. The number of aliphatic imine (C=N–C) groups is 1. The summed E-state index contributed by atoms with van der Waals surface area (Å²) in [6, 6.07) is 8.58. The zero-order valence-electron chi connectivity index (χ0n) is 17.0. The van der Waals surface area contributed by atoms with Gasteiger partial charge in [-0.3, -0.25) is 9.48 Å². The SMILES string of the molecule is CCCn1nc(C(C)C)c2c1C(=O)NCC(c1ccc(N3CCCC3)cc1)=N2. The van der Waals surface area contributed by atoms with Gasteiger partial charge in [0.1, 0.15) is 5.69 Å². The third-order valence-electron chi connectivity index (χ3n) is 5.49. The molecule has 4 rings (SSSR count). The van der Waals surface area contributed by atoms with E-state index < -0.39 is 0 Å². The molecule has 1 fully saturated rings. The maximum atomic E-state index is 12.8. The first kappa shape index (κ1) is 18.7. The van der Waals surface area contributed by atoms with Crippen molar-refractivity contribution in [1.82, 2.24) is 15.1 Å². The fraction of sp³-hybridized carbons (Fsp3) is 0.500. The first-order valence-corrected chi connectivity index (χ1v) is 10.4. The number of rotatable bonds is 5. The molecule has 6 nitrogen and oxygen atoms in total. The zero-order valence-corrected chi connectivity index (χ0v) is 17.0. The minimum atomic E-state index is -0.0877. The van der Waals surface area contributed by atoms with Crippen LogP contribution in [0.3, 0.4) is 0 Å².